The van der Waals surface area contributed by atoms with Gasteiger partial charge in [0.2, 0.25) is 5.91 Å². The minimum atomic E-state index is -3.07. The van der Waals surface area contributed by atoms with E-state index in [0.717, 1.165) is 0 Å². The van der Waals surface area contributed by atoms with Crippen LogP contribution in [0.2, 0.25) is 0 Å². The lowest BCUT2D eigenvalue weighted by atomic mass is 9.49. The van der Waals surface area contributed by atoms with Crippen molar-refractivity contribution in [2.75, 3.05) is 14.1 Å². The van der Waals surface area contributed by atoms with Crippen LogP contribution in [0.1, 0.15) is 28.3 Å². The van der Waals surface area contributed by atoms with Gasteiger partial charge in [0.05, 0.1) is 29.5 Å². The number of allylic oxidation sites excluding steroid dienone is 6. The Bertz CT molecular complexity index is 1430. The number of halogens is 1. The Balaban J connectivity index is 1.75. The molecular weight excluding hydrogens is 511 g/mol. The van der Waals surface area contributed by atoms with E-state index in [1.54, 1.807) is 12.1 Å². The van der Waals surface area contributed by atoms with Crippen LogP contribution in [-0.4, -0.2) is 81.1 Å². The van der Waals surface area contributed by atoms with Gasteiger partial charge in [-0.15, -0.1) is 0 Å². The molecular formula is C28H27FN2O8. The van der Waals surface area contributed by atoms with Crippen LogP contribution in [-0.2, 0) is 19.2 Å². The Hall–Kier alpha value is -3.80. The standard InChI is InChI=1S/C28H27FN2O8/c1-31(2)21-20-23(34)17-14(10-11-6-8-12(29)9-7-11)13-4-3-5-15(32)16(13)22(33)18(17)25(36)28(20,39)26(37)19(24(21)35)27(30)38/h3-6,8-10,14,17-21,23,32,34,39H,7H2,1-2H3,(H2,30,38)/t14?,17-,18?,19?,20-,21+,23+,28+/m1/s1. The minimum Gasteiger partial charge on any atom is -0.507 e. The molecule has 10 nitrogen and oxygen atoms in total. The average Bonchev–Trinajstić information content (AvgIpc) is 2.86. The predicted molar refractivity (Wildman–Crippen MR) is 133 cm³/mol. The number of aromatic hydroxyl groups is 1. The Morgan fingerprint density at radius 2 is 1.85 bits per heavy atom. The number of phenols is 1. The predicted octanol–water partition coefficient (Wildman–Crippen LogP) is 0.119. The van der Waals surface area contributed by atoms with E-state index < -0.39 is 88.0 Å². The molecule has 3 unspecified atom stereocenters. The number of nitrogens with zero attached hydrogens (tertiary/aromatic N) is 1. The highest BCUT2D eigenvalue weighted by Crippen LogP contribution is 2.55. The molecule has 11 heteroatoms. The number of aliphatic hydroxyl groups is 2. The van der Waals surface area contributed by atoms with Crippen LogP contribution in [0.5, 0.6) is 5.75 Å². The van der Waals surface area contributed by atoms with E-state index in [2.05, 4.69) is 0 Å². The fraction of sp³-hybridized carbons (Fsp3) is 0.393. The summed E-state index contributed by atoms with van der Waals surface area (Å²) in [6.45, 7) is 0. The summed E-state index contributed by atoms with van der Waals surface area (Å²) in [6, 6.07) is 2.82. The van der Waals surface area contributed by atoms with Crippen molar-refractivity contribution in [2.24, 2.45) is 29.4 Å². The smallest absolute Gasteiger partial charge is 0.235 e. The number of hydrogen-bond donors (Lipinski definition) is 4. The van der Waals surface area contributed by atoms with E-state index in [0.29, 0.717) is 11.1 Å². The fourth-order valence-electron chi connectivity index (χ4n) is 6.78. The molecule has 4 aliphatic carbocycles. The third-order valence-corrected chi connectivity index (χ3v) is 8.44. The highest BCUT2D eigenvalue weighted by atomic mass is 19.1. The quantitative estimate of drug-likeness (QED) is 0.390. The van der Waals surface area contributed by atoms with Gasteiger partial charge in [0.25, 0.3) is 0 Å². The highest BCUT2D eigenvalue weighted by Gasteiger charge is 2.73. The lowest BCUT2D eigenvalue weighted by Crippen LogP contribution is -2.77. The Labute approximate surface area is 222 Å². The number of amides is 1. The largest absolute Gasteiger partial charge is 0.507 e. The summed E-state index contributed by atoms with van der Waals surface area (Å²) in [5.41, 5.74) is 2.92. The van der Waals surface area contributed by atoms with Crippen molar-refractivity contribution >= 4 is 29.0 Å². The zero-order valence-electron chi connectivity index (χ0n) is 21.1. The fourth-order valence-corrected chi connectivity index (χ4v) is 6.78. The number of aliphatic hydroxyl groups excluding tert-OH is 1. The molecule has 1 amide bonds. The molecule has 1 aromatic rings. The van der Waals surface area contributed by atoms with Gasteiger partial charge in [-0.25, -0.2) is 4.39 Å². The first-order chi connectivity index (χ1) is 18.3. The maximum Gasteiger partial charge on any atom is 0.235 e. The SMILES string of the molecule is CN(C)[C@@H]1C(=O)C(C(N)=O)C(=O)[C@@]2(O)C(=O)C3C(=O)c4c(O)cccc4C(C=C4C=CC(F)=CC4)[C@H]3[C@H](O)[C@@H]12. The van der Waals surface area contributed by atoms with Crippen molar-refractivity contribution in [1.82, 2.24) is 4.90 Å². The lowest BCUT2D eigenvalue weighted by molar-refractivity contribution is -0.196. The second kappa shape index (κ2) is 9.15. The summed E-state index contributed by atoms with van der Waals surface area (Å²) < 4.78 is 13.6. The lowest BCUT2D eigenvalue weighted by Gasteiger charge is -2.56. The molecule has 5 N–H and O–H groups in total. The Morgan fingerprint density at radius 3 is 2.44 bits per heavy atom. The topological polar surface area (TPSA) is 175 Å². The summed E-state index contributed by atoms with van der Waals surface area (Å²) >= 11 is 0. The molecule has 1 aromatic carbocycles. The van der Waals surface area contributed by atoms with Crippen molar-refractivity contribution in [3.63, 3.8) is 0 Å². The maximum atomic E-state index is 14.1. The molecule has 2 saturated carbocycles. The first-order valence-corrected chi connectivity index (χ1v) is 12.4. The van der Waals surface area contributed by atoms with Gasteiger partial charge in [-0.2, -0.15) is 0 Å². The van der Waals surface area contributed by atoms with Gasteiger partial charge in [0.1, 0.15) is 11.6 Å². The van der Waals surface area contributed by atoms with Crippen molar-refractivity contribution in [3.8, 4) is 5.75 Å². The first kappa shape index (κ1) is 26.8. The van der Waals surface area contributed by atoms with E-state index >= 15 is 0 Å². The van der Waals surface area contributed by atoms with Gasteiger partial charge in [-0.3, -0.25) is 28.9 Å². The molecule has 39 heavy (non-hydrogen) atoms. The number of carbonyl (C=O) groups excluding carboxylic acids is 5. The van der Waals surface area contributed by atoms with Gasteiger partial charge in [-0.1, -0.05) is 24.3 Å². The number of benzene rings is 1. The molecule has 5 rings (SSSR count). The van der Waals surface area contributed by atoms with Gasteiger partial charge in [0.15, 0.2) is 34.7 Å². The molecule has 2 fully saturated rings. The van der Waals surface area contributed by atoms with Crippen molar-refractivity contribution in [2.45, 2.75) is 30.1 Å². The van der Waals surface area contributed by atoms with E-state index in [-0.39, 0.29) is 12.0 Å². The second-order valence-electron chi connectivity index (χ2n) is 10.7. The van der Waals surface area contributed by atoms with Gasteiger partial charge in [-0.05, 0) is 49.9 Å². The second-order valence-corrected chi connectivity index (χ2v) is 10.7. The average molecular weight is 539 g/mol. The summed E-state index contributed by atoms with van der Waals surface area (Å²) in [5.74, 6) is -14.7. The van der Waals surface area contributed by atoms with Crippen molar-refractivity contribution in [1.29, 1.82) is 0 Å². The summed E-state index contributed by atoms with van der Waals surface area (Å²) in [5, 5.41) is 34.2. The van der Waals surface area contributed by atoms with Gasteiger partial charge >= 0.3 is 0 Å². The molecule has 0 saturated heterocycles. The molecule has 204 valence electrons. The molecule has 0 radical (unpaired) electrons. The Morgan fingerprint density at radius 1 is 1.15 bits per heavy atom. The molecule has 0 heterocycles. The van der Waals surface area contributed by atoms with Crippen LogP contribution < -0.4 is 5.73 Å². The number of Topliss-reactive ketones (excluding diaryl/α,β-unsaturated/α-hetero) is 4. The van der Waals surface area contributed by atoms with E-state index in [9.17, 15) is 43.7 Å². The van der Waals surface area contributed by atoms with E-state index in [1.807, 2.05) is 0 Å². The zero-order valence-corrected chi connectivity index (χ0v) is 21.1. The van der Waals surface area contributed by atoms with Gasteiger partial charge < -0.3 is 21.1 Å². The van der Waals surface area contributed by atoms with Gasteiger partial charge in [0, 0.05) is 11.8 Å². The van der Waals surface area contributed by atoms with E-state index in [1.165, 1.54) is 49.4 Å². The number of phenolic OH excluding ortho intramolecular Hbond substituents is 1. The maximum absolute atomic E-state index is 14.1. The summed E-state index contributed by atoms with van der Waals surface area (Å²) in [4.78, 5) is 68.0. The minimum absolute atomic E-state index is 0.174. The molecule has 0 bridgehead atoms. The number of nitrogens with two attached hydrogens (primary N) is 1. The van der Waals surface area contributed by atoms with Crippen LogP contribution in [0.25, 0.3) is 0 Å². The third-order valence-electron chi connectivity index (χ3n) is 8.44. The third kappa shape index (κ3) is 3.68. The zero-order chi connectivity index (χ0) is 28.5. The number of ketones is 4. The summed E-state index contributed by atoms with van der Waals surface area (Å²) in [6.07, 6.45) is 4.11. The highest BCUT2D eigenvalue weighted by molar-refractivity contribution is 6.32. The van der Waals surface area contributed by atoms with Crippen LogP contribution in [0.15, 0.2) is 53.9 Å². The number of fused-ring (bicyclic) bond motifs is 3. The number of primary amides is 1. The van der Waals surface area contributed by atoms with E-state index in [4.69, 9.17) is 5.73 Å². The number of likely N-dealkylation sites (N-methyl/N-ethyl adjacent to an activating group) is 1. The number of rotatable bonds is 3. The number of carbonyl (C=O) groups is 5. The van der Waals surface area contributed by atoms with Crippen LogP contribution >= 0.6 is 0 Å². The van der Waals surface area contributed by atoms with Crippen molar-refractivity contribution in [3.05, 3.63) is 65.0 Å². The first-order valence-electron chi connectivity index (χ1n) is 12.4. The molecule has 0 aromatic heterocycles. The summed E-state index contributed by atoms with van der Waals surface area (Å²) in [7, 11) is 2.85. The van der Waals surface area contributed by atoms with Crippen LogP contribution in [0.4, 0.5) is 4.39 Å². The monoisotopic (exact) mass is 538 g/mol. The normalized spacial score (nSPS) is 36.9. The van der Waals surface area contributed by atoms with Crippen LogP contribution in [0, 0.1) is 23.7 Å². The molecule has 0 aliphatic heterocycles. The molecule has 4 aliphatic rings. The van der Waals surface area contributed by atoms with Crippen LogP contribution in [0.3, 0.4) is 0 Å². The molecule has 8 atom stereocenters. The molecule has 0 spiro atoms. The van der Waals surface area contributed by atoms with Crippen molar-refractivity contribution < 1.29 is 43.7 Å². The Kier molecular flexibility index (Phi) is 6.28. The number of hydrogen-bond acceptors (Lipinski definition) is 9.